The Balaban J connectivity index is 2.09. The Hall–Kier alpha value is -1.88. The summed E-state index contributed by atoms with van der Waals surface area (Å²) in [7, 11) is 0. The molecule has 2 rings (SSSR count). The van der Waals surface area contributed by atoms with Gasteiger partial charge < -0.3 is 10.4 Å². The van der Waals surface area contributed by atoms with Gasteiger partial charge in [0, 0.05) is 18.0 Å². The predicted octanol–water partition coefficient (Wildman–Crippen LogP) is 1.45. The fraction of sp³-hybridized carbons (Fsp3) is 0.385. The van der Waals surface area contributed by atoms with Crippen LogP contribution in [0.3, 0.4) is 0 Å². The van der Waals surface area contributed by atoms with Gasteiger partial charge in [-0.15, -0.1) is 0 Å². The minimum Gasteiger partial charge on any atom is -0.396 e. The van der Waals surface area contributed by atoms with Crippen LogP contribution >= 0.6 is 0 Å². The average molecular weight is 247 g/mol. The number of aliphatic hydroxyl groups is 1. The van der Waals surface area contributed by atoms with Crippen molar-refractivity contribution in [2.75, 3.05) is 6.61 Å². The molecule has 1 atom stereocenters. The van der Waals surface area contributed by atoms with E-state index < -0.39 is 0 Å². The number of aromatic amines is 1. The van der Waals surface area contributed by atoms with E-state index in [9.17, 15) is 4.79 Å². The number of carbonyl (C=O) groups excluding carboxylic acids is 1. The van der Waals surface area contributed by atoms with Crippen molar-refractivity contribution in [2.45, 2.75) is 25.8 Å². The SMILES string of the molecule is CC(CCCO)NC(=O)c1n[nH]c2ccccc12. The number of para-hydroxylation sites is 1. The lowest BCUT2D eigenvalue weighted by atomic mass is 10.1. The number of nitrogens with one attached hydrogen (secondary N) is 2. The van der Waals surface area contributed by atoms with Crippen LogP contribution in [0.25, 0.3) is 10.9 Å². The number of rotatable bonds is 5. The predicted molar refractivity (Wildman–Crippen MR) is 69.3 cm³/mol. The summed E-state index contributed by atoms with van der Waals surface area (Å²) in [5.41, 5.74) is 1.27. The molecule has 5 heteroatoms. The second kappa shape index (κ2) is 5.64. The van der Waals surface area contributed by atoms with Gasteiger partial charge in [0.1, 0.15) is 0 Å². The normalized spacial score (nSPS) is 12.6. The second-order valence-corrected chi connectivity index (χ2v) is 4.36. The summed E-state index contributed by atoms with van der Waals surface area (Å²) in [6, 6.07) is 7.55. The van der Waals surface area contributed by atoms with E-state index in [4.69, 9.17) is 5.11 Å². The van der Waals surface area contributed by atoms with E-state index in [0.717, 1.165) is 17.3 Å². The Morgan fingerprint density at radius 1 is 1.50 bits per heavy atom. The van der Waals surface area contributed by atoms with Gasteiger partial charge in [-0.25, -0.2) is 0 Å². The molecule has 0 aliphatic carbocycles. The lowest BCUT2D eigenvalue weighted by Crippen LogP contribution is -2.33. The highest BCUT2D eigenvalue weighted by atomic mass is 16.3. The maximum absolute atomic E-state index is 12.0. The summed E-state index contributed by atoms with van der Waals surface area (Å²) >= 11 is 0. The van der Waals surface area contributed by atoms with Crippen LogP contribution in [0, 0.1) is 0 Å². The van der Waals surface area contributed by atoms with Crippen LogP contribution in [0.4, 0.5) is 0 Å². The second-order valence-electron chi connectivity index (χ2n) is 4.36. The Bertz CT molecular complexity index is 536. The van der Waals surface area contributed by atoms with E-state index in [2.05, 4.69) is 15.5 Å². The van der Waals surface area contributed by atoms with Gasteiger partial charge in [-0.2, -0.15) is 5.10 Å². The molecule has 0 fully saturated rings. The molecule has 0 aliphatic rings. The highest BCUT2D eigenvalue weighted by Gasteiger charge is 2.15. The Kier molecular flexibility index (Phi) is 3.94. The quantitative estimate of drug-likeness (QED) is 0.748. The molecule has 2 aromatic rings. The highest BCUT2D eigenvalue weighted by Crippen LogP contribution is 2.15. The zero-order valence-electron chi connectivity index (χ0n) is 10.3. The van der Waals surface area contributed by atoms with Gasteiger partial charge in [0.15, 0.2) is 5.69 Å². The zero-order chi connectivity index (χ0) is 13.0. The molecule has 1 heterocycles. The number of fused-ring (bicyclic) bond motifs is 1. The summed E-state index contributed by atoms with van der Waals surface area (Å²) in [6.07, 6.45) is 1.44. The number of hydrogen-bond donors (Lipinski definition) is 3. The van der Waals surface area contributed by atoms with Crippen LogP contribution in [0.5, 0.6) is 0 Å². The van der Waals surface area contributed by atoms with Crippen molar-refractivity contribution in [3.8, 4) is 0 Å². The van der Waals surface area contributed by atoms with Crippen molar-refractivity contribution in [1.82, 2.24) is 15.5 Å². The molecule has 96 valence electrons. The smallest absolute Gasteiger partial charge is 0.272 e. The van der Waals surface area contributed by atoms with Crippen LogP contribution in [-0.4, -0.2) is 33.9 Å². The third kappa shape index (κ3) is 2.68. The van der Waals surface area contributed by atoms with Crippen LogP contribution < -0.4 is 5.32 Å². The Morgan fingerprint density at radius 2 is 2.28 bits per heavy atom. The number of aliphatic hydroxyl groups excluding tert-OH is 1. The largest absolute Gasteiger partial charge is 0.396 e. The molecule has 0 saturated carbocycles. The summed E-state index contributed by atoms with van der Waals surface area (Å²) in [6.45, 7) is 2.06. The number of carbonyl (C=O) groups is 1. The zero-order valence-corrected chi connectivity index (χ0v) is 10.3. The standard InChI is InChI=1S/C13H17N3O2/c1-9(5-4-8-17)14-13(18)12-10-6-2-3-7-11(10)15-16-12/h2-3,6-7,9,17H,4-5,8H2,1H3,(H,14,18)(H,15,16). The number of amides is 1. The molecule has 0 spiro atoms. The lowest BCUT2D eigenvalue weighted by Gasteiger charge is -2.11. The van der Waals surface area contributed by atoms with Crippen molar-refractivity contribution in [2.24, 2.45) is 0 Å². The van der Waals surface area contributed by atoms with E-state index in [-0.39, 0.29) is 18.6 Å². The van der Waals surface area contributed by atoms with Crippen molar-refractivity contribution in [1.29, 1.82) is 0 Å². The molecular formula is C13H17N3O2. The fourth-order valence-electron chi connectivity index (χ4n) is 1.90. The van der Waals surface area contributed by atoms with Gasteiger partial charge >= 0.3 is 0 Å². The molecule has 0 radical (unpaired) electrons. The summed E-state index contributed by atoms with van der Waals surface area (Å²) in [5.74, 6) is -0.183. The number of hydrogen-bond acceptors (Lipinski definition) is 3. The van der Waals surface area contributed by atoms with Gasteiger partial charge in [-0.05, 0) is 25.8 Å². The van der Waals surface area contributed by atoms with Crippen LogP contribution in [0.2, 0.25) is 0 Å². The third-order valence-electron chi connectivity index (χ3n) is 2.86. The van der Waals surface area contributed by atoms with Crippen LogP contribution in [-0.2, 0) is 0 Å². The Morgan fingerprint density at radius 3 is 3.06 bits per heavy atom. The van der Waals surface area contributed by atoms with Gasteiger partial charge in [-0.1, -0.05) is 18.2 Å². The maximum Gasteiger partial charge on any atom is 0.272 e. The average Bonchev–Trinajstić information content (AvgIpc) is 2.80. The first-order valence-corrected chi connectivity index (χ1v) is 6.07. The monoisotopic (exact) mass is 247 g/mol. The molecule has 1 amide bonds. The van der Waals surface area contributed by atoms with Gasteiger partial charge in [-0.3, -0.25) is 9.89 Å². The number of H-pyrrole nitrogens is 1. The van der Waals surface area contributed by atoms with E-state index in [1.807, 2.05) is 31.2 Å². The summed E-state index contributed by atoms with van der Waals surface area (Å²) < 4.78 is 0. The number of nitrogens with zero attached hydrogens (tertiary/aromatic N) is 1. The first-order valence-electron chi connectivity index (χ1n) is 6.07. The molecule has 5 nitrogen and oxygen atoms in total. The van der Waals surface area contributed by atoms with E-state index >= 15 is 0 Å². The number of benzene rings is 1. The molecule has 1 aromatic carbocycles. The van der Waals surface area contributed by atoms with Crippen molar-refractivity contribution < 1.29 is 9.90 Å². The molecule has 0 bridgehead atoms. The minimum absolute atomic E-state index is 0.0279. The summed E-state index contributed by atoms with van der Waals surface area (Å²) in [4.78, 5) is 12.0. The fourth-order valence-corrected chi connectivity index (χ4v) is 1.90. The van der Waals surface area contributed by atoms with Crippen LogP contribution in [0.15, 0.2) is 24.3 Å². The van der Waals surface area contributed by atoms with E-state index in [1.54, 1.807) is 0 Å². The number of aromatic nitrogens is 2. The molecule has 1 unspecified atom stereocenters. The lowest BCUT2D eigenvalue weighted by molar-refractivity contribution is 0.0933. The molecule has 0 saturated heterocycles. The van der Waals surface area contributed by atoms with Gasteiger partial charge in [0.2, 0.25) is 0 Å². The molecule has 1 aromatic heterocycles. The topological polar surface area (TPSA) is 78.0 Å². The van der Waals surface area contributed by atoms with Crippen molar-refractivity contribution >= 4 is 16.8 Å². The van der Waals surface area contributed by atoms with Crippen molar-refractivity contribution in [3.63, 3.8) is 0 Å². The van der Waals surface area contributed by atoms with Gasteiger partial charge in [0.05, 0.1) is 5.52 Å². The molecule has 18 heavy (non-hydrogen) atoms. The van der Waals surface area contributed by atoms with Crippen molar-refractivity contribution in [3.05, 3.63) is 30.0 Å². The Labute approximate surface area is 105 Å². The van der Waals surface area contributed by atoms with E-state index in [0.29, 0.717) is 12.1 Å². The summed E-state index contributed by atoms with van der Waals surface area (Å²) in [5, 5.41) is 19.3. The molecule has 0 aliphatic heterocycles. The van der Waals surface area contributed by atoms with Crippen LogP contribution in [0.1, 0.15) is 30.3 Å². The van der Waals surface area contributed by atoms with E-state index in [1.165, 1.54) is 0 Å². The molecule has 3 N–H and O–H groups in total. The third-order valence-corrected chi connectivity index (χ3v) is 2.86. The first-order chi connectivity index (χ1) is 8.72. The van der Waals surface area contributed by atoms with Gasteiger partial charge in [0.25, 0.3) is 5.91 Å². The highest BCUT2D eigenvalue weighted by molar-refractivity contribution is 6.04. The maximum atomic E-state index is 12.0. The first kappa shape index (κ1) is 12.6. The molecular weight excluding hydrogens is 230 g/mol. The minimum atomic E-state index is -0.183.